The molecule has 0 aliphatic rings. The number of anilines is 1. The van der Waals surface area contributed by atoms with Gasteiger partial charge in [0.2, 0.25) is 0 Å². The van der Waals surface area contributed by atoms with E-state index in [0.717, 1.165) is 0 Å². The van der Waals surface area contributed by atoms with Crippen molar-refractivity contribution in [1.82, 2.24) is 5.32 Å². The van der Waals surface area contributed by atoms with E-state index in [2.05, 4.69) is 10.6 Å². The van der Waals surface area contributed by atoms with Gasteiger partial charge in [-0.1, -0.05) is 12.1 Å². The minimum absolute atomic E-state index is 0.0852. The summed E-state index contributed by atoms with van der Waals surface area (Å²) in [7, 11) is 0. The molecular formula is C19H15N3O5S. The number of nitrogens with zero attached hydrogens (tertiary/aromatic N) is 1. The first-order valence-electron chi connectivity index (χ1n) is 8.13. The minimum atomic E-state index is -0.579. The summed E-state index contributed by atoms with van der Waals surface area (Å²) in [5, 5.41) is 27.8. The first kappa shape index (κ1) is 19.1. The van der Waals surface area contributed by atoms with Crippen molar-refractivity contribution >= 4 is 34.5 Å². The molecule has 2 aromatic carbocycles. The second kappa shape index (κ2) is 8.31. The van der Waals surface area contributed by atoms with Gasteiger partial charge in [-0.3, -0.25) is 19.7 Å². The molecule has 0 aliphatic heterocycles. The molecule has 0 atom stereocenters. The average molecular weight is 397 g/mol. The molecule has 2 amide bonds. The van der Waals surface area contributed by atoms with Crippen molar-refractivity contribution in [3.8, 4) is 5.75 Å². The summed E-state index contributed by atoms with van der Waals surface area (Å²) in [6.45, 7) is -0.0852. The number of benzene rings is 2. The summed E-state index contributed by atoms with van der Waals surface area (Å²) in [4.78, 5) is 35.3. The fourth-order valence-corrected chi connectivity index (χ4v) is 3.06. The van der Waals surface area contributed by atoms with Crippen molar-refractivity contribution in [3.63, 3.8) is 0 Å². The van der Waals surface area contributed by atoms with Crippen LogP contribution < -0.4 is 10.6 Å². The second-order valence-corrected chi connectivity index (χ2v) is 6.71. The Kier molecular flexibility index (Phi) is 5.66. The number of carbonyl (C=O) groups excluding carboxylic acids is 2. The first-order valence-corrected chi connectivity index (χ1v) is 9.01. The van der Waals surface area contributed by atoms with Crippen molar-refractivity contribution in [2.45, 2.75) is 6.54 Å². The molecular weight excluding hydrogens is 382 g/mol. The number of hydrogen-bond acceptors (Lipinski definition) is 6. The Bertz CT molecular complexity index is 1030. The summed E-state index contributed by atoms with van der Waals surface area (Å²) >= 11 is 1.31. The number of thiophene rings is 1. The quantitative estimate of drug-likeness (QED) is 0.434. The highest BCUT2D eigenvalue weighted by molar-refractivity contribution is 7.12. The lowest BCUT2D eigenvalue weighted by Gasteiger charge is -2.09. The fourth-order valence-electron chi connectivity index (χ4n) is 2.44. The molecule has 0 aliphatic carbocycles. The van der Waals surface area contributed by atoms with Crippen LogP contribution in [0.5, 0.6) is 5.75 Å². The van der Waals surface area contributed by atoms with Crippen molar-refractivity contribution < 1.29 is 19.6 Å². The molecule has 3 aromatic rings. The van der Waals surface area contributed by atoms with E-state index in [4.69, 9.17) is 0 Å². The van der Waals surface area contributed by atoms with Gasteiger partial charge in [0.05, 0.1) is 9.80 Å². The number of phenols is 1. The molecule has 142 valence electrons. The van der Waals surface area contributed by atoms with Gasteiger partial charge in [0, 0.05) is 35.5 Å². The zero-order chi connectivity index (χ0) is 20.1. The second-order valence-electron chi connectivity index (χ2n) is 5.77. The monoisotopic (exact) mass is 397 g/mol. The van der Waals surface area contributed by atoms with Crippen LogP contribution in [0.2, 0.25) is 0 Å². The molecule has 0 spiro atoms. The molecule has 0 unspecified atom stereocenters. The lowest BCUT2D eigenvalue weighted by atomic mass is 10.1. The van der Waals surface area contributed by atoms with E-state index in [-0.39, 0.29) is 29.5 Å². The molecule has 3 N–H and O–H groups in total. The maximum absolute atomic E-state index is 12.4. The summed E-state index contributed by atoms with van der Waals surface area (Å²) in [5.41, 5.74) is 0.809. The standard InChI is InChI=1S/C19H15N3O5S/c23-16-7-6-15(22(26)27)10-13(16)11-20-18(24)12-3-1-4-14(9-12)21-19(25)17-5-2-8-28-17/h1-10,23H,11H2,(H,20,24)(H,21,25). The maximum Gasteiger partial charge on any atom is 0.270 e. The van der Waals surface area contributed by atoms with Crippen LogP contribution in [0.4, 0.5) is 11.4 Å². The van der Waals surface area contributed by atoms with Gasteiger partial charge in [-0.05, 0) is 35.7 Å². The summed E-state index contributed by atoms with van der Waals surface area (Å²) in [6, 6.07) is 13.4. The van der Waals surface area contributed by atoms with Crippen molar-refractivity contribution in [2.24, 2.45) is 0 Å². The number of non-ortho nitro benzene ring substituents is 1. The maximum atomic E-state index is 12.4. The van der Waals surface area contributed by atoms with E-state index in [9.17, 15) is 24.8 Å². The van der Waals surface area contributed by atoms with Crippen LogP contribution in [0, 0.1) is 10.1 Å². The number of nitro groups is 1. The van der Waals surface area contributed by atoms with Gasteiger partial charge < -0.3 is 15.7 Å². The third-order valence-corrected chi connectivity index (χ3v) is 4.71. The van der Waals surface area contributed by atoms with Gasteiger partial charge in [0.25, 0.3) is 17.5 Å². The lowest BCUT2D eigenvalue weighted by Crippen LogP contribution is -2.23. The smallest absolute Gasteiger partial charge is 0.270 e. The van der Waals surface area contributed by atoms with E-state index in [0.29, 0.717) is 16.1 Å². The van der Waals surface area contributed by atoms with E-state index >= 15 is 0 Å². The summed E-state index contributed by atoms with van der Waals surface area (Å²) in [6.07, 6.45) is 0. The van der Waals surface area contributed by atoms with Gasteiger partial charge in [-0.15, -0.1) is 11.3 Å². The number of hydrogen-bond donors (Lipinski definition) is 3. The molecule has 1 heterocycles. The normalized spacial score (nSPS) is 10.3. The van der Waals surface area contributed by atoms with Gasteiger partial charge in [-0.25, -0.2) is 0 Å². The molecule has 28 heavy (non-hydrogen) atoms. The van der Waals surface area contributed by atoms with Crippen LogP contribution in [0.1, 0.15) is 25.6 Å². The number of carbonyl (C=O) groups is 2. The SMILES string of the molecule is O=C(NCc1cc([N+](=O)[O-])ccc1O)c1cccc(NC(=O)c2cccs2)c1. The molecule has 0 saturated carbocycles. The van der Waals surface area contributed by atoms with Gasteiger partial charge >= 0.3 is 0 Å². The zero-order valence-corrected chi connectivity index (χ0v) is 15.2. The highest BCUT2D eigenvalue weighted by Gasteiger charge is 2.13. The molecule has 0 radical (unpaired) electrons. The van der Waals surface area contributed by atoms with E-state index < -0.39 is 10.8 Å². The number of nitrogens with one attached hydrogen (secondary N) is 2. The van der Waals surface area contributed by atoms with Crippen molar-refractivity contribution in [2.75, 3.05) is 5.32 Å². The lowest BCUT2D eigenvalue weighted by molar-refractivity contribution is -0.384. The van der Waals surface area contributed by atoms with Crippen LogP contribution in [0.15, 0.2) is 60.0 Å². The van der Waals surface area contributed by atoms with Gasteiger partial charge in [0.15, 0.2) is 0 Å². The van der Waals surface area contributed by atoms with E-state index in [1.807, 2.05) is 0 Å². The molecule has 0 bridgehead atoms. The Morgan fingerprint density at radius 1 is 1.07 bits per heavy atom. The Labute approximate surface area is 163 Å². The number of aromatic hydroxyl groups is 1. The van der Waals surface area contributed by atoms with Crippen LogP contribution in [0.25, 0.3) is 0 Å². The molecule has 0 fully saturated rings. The van der Waals surface area contributed by atoms with Crippen LogP contribution >= 0.6 is 11.3 Å². The molecule has 9 heteroatoms. The molecule has 0 saturated heterocycles. The van der Waals surface area contributed by atoms with E-state index in [1.54, 1.807) is 35.7 Å². The Morgan fingerprint density at radius 2 is 1.89 bits per heavy atom. The minimum Gasteiger partial charge on any atom is -0.508 e. The zero-order valence-electron chi connectivity index (χ0n) is 14.4. The highest BCUT2D eigenvalue weighted by atomic mass is 32.1. The average Bonchev–Trinajstić information content (AvgIpc) is 3.22. The Hall–Kier alpha value is -3.72. The van der Waals surface area contributed by atoms with Crippen molar-refractivity contribution in [1.29, 1.82) is 0 Å². The Balaban J connectivity index is 1.67. The molecule has 8 nitrogen and oxygen atoms in total. The number of rotatable bonds is 6. The number of nitro benzene ring substituents is 1. The summed E-state index contributed by atoms with van der Waals surface area (Å²) < 4.78 is 0. The van der Waals surface area contributed by atoms with Crippen molar-refractivity contribution in [3.05, 3.63) is 86.1 Å². The highest BCUT2D eigenvalue weighted by Crippen LogP contribution is 2.23. The van der Waals surface area contributed by atoms with Crippen LogP contribution in [-0.2, 0) is 6.54 Å². The predicted molar refractivity (Wildman–Crippen MR) is 105 cm³/mol. The topological polar surface area (TPSA) is 122 Å². The van der Waals surface area contributed by atoms with Crippen LogP contribution in [0.3, 0.4) is 0 Å². The van der Waals surface area contributed by atoms with Crippen LogP contribution in [-0.4, -0.2) is 21.8 Å². The summed E-state index contributed by atoms with van der Waals surface area (Å²) in [5.74, 6) is -0.866. The molecule has 3 rings (SSSR count). The van der Waals surface area contributed by atoms with E-state index in [1.165, 1.54) is 35.6 Å². The number of amides is 2. The largest absolute Gasteiger partial charge is 0.508 e. The fraction of sp³-hybridized carbons (Fsp3) is 0.0526. The molecule has 1 aromatic heterocycles. The third kappa shape index (κ3) is 4.51. The van der Waals surface area contributed by atoms with Gasteiger partial charge in [0.1, 0.15) is 5.75 Å². The number of phenolic OH excluding ortho intramolecular Hbond substituents is 1. The Morgan fingerprint density at radius 3 is 2.61 bits per heavy atom. The predicted octanol–water partition coefficient (Wildman–Crippen LogP) is 3.54. The first-order chi connectivity index (χ1) is 13.4. The third-order valence-electron chi connectivity index (χ3n) is 3.84. The van der Waals surface area contributed by atoms with Gasteiger partial charge in [-0.2, -0.15) is 0 Å².